The molecule has 1 unspecified atom stereocenters. The molecule has 0 saturated heterocycles. The molecule has 0 aliphatic heterocycles. The van der Waals surface area contributed by atoms with Crippen LogP contribution in [0.4, 0.5) is 0 Å². The smallest absolute Gasteiger partial charge is 0.192 e. The van der Waals surface area contributed by atoms with E-state index in [0.29, 0.717) is 12.3 Å². The molecule has 4 atom stereocenters. The SMILES string of the molecule is C=CC[C@H]1CC(O)[C@H](O[Si](C)(C)C(C)(C)C)[C@@H]1CCO. The molecule has 0 aromatic heterocycles. The molecule has 1 aliphatic rings. The van der Waals surface area contributed by atoms with E-state index in [2.05, 4.69) is 40.4 Å². The maximum absolute atomic E-state index is 10.4. The van der Waals surface area contributed by atoms with Crippen LogP contribution in [0.25, 0.3) is 0 Å². The average Bonchev–Trinajstić information content (AvgIpc) is 2.56. The van der Waals surface area contributed by atoms with Crippen LogP contribution in [0, 0.1) is 11.8 Å². The summed E-state index contributed by atoms with van der Waals surface area (Å²) in [6.07, 6.45) is 3.72. The Morgan fingerprint density at radius 2 is 1.95 bits per heavy atom. The highest BCUT2D eigenvalue weighted by Crippen LogP contribution is 2.44. The molecule has 3 nitrogen and oxygen atoms in total. The van der Waals surface area contributed by atoms with E-state index in [-0.39, 0.29) is 23.7 Å². The number of hydrogen-bond acceptors (Lipinski definition) is 3. The predicted octanol–water partition coefficient (Wildman–Crippen LogP) is 3.33. The van der Waals surface area contributed by atoms with Gasteiger partial charge in [0.2, 0.25) is 0 Å². The Hall–Kier alpha value is -0.163. The lowest BCUT2D eigenvalue weighted by atomic mass is 9.89. The van der Waals surface area contributed by atoms with Crippen LogP contribution in [-0.2, 0) is 4.43 Å². The van der Waals surface area contributed by atoms with Crippen LogP contribution in [0.2, 0.25) is 18.1 Å². The van der Waals surface area contributed by atoms with E-state index >= 15 is 0 Å². The highest BCUT2D eigenvalue weighted by Gasteiger charge is 2.47. The van der Waals surface area contributed by atoms with Gasteiger partial charge in [0.1, 0.15) is 0 Å². The van der Waals surface area contributed by atoms with Gasteiger partial charge in [-0.3, -0.25) is 0 Å². The second-order valence-corrected chi connectivity index (χ2v) is 12.4. The minimum atomic E-state index is -1.90. The van der Waals surface area contributed by atoms with E-state index in [1.54, 1.807) is 0 Å². The van der Waals surface area contributed by atoms with Crippen molar-refractivity contribution in [2.24, 2.45) is 11.8 Å². The van der Waals surface area contributed by atoms with Gasteiger partial charge in [-0.05, 0) is 49.2 Å². The van der Waals surface area contributed by atoms with Crippen molar-refractivity contribution in [1.29, 1.82) is 0 Å². The van der Waals surface area contributed by atoms with Gasteiger partial charge >= 0.3 is 0 Å². The molecule has 0 heterocycles. The molecule has 0 bridgehead atoms. The number of aliphatic hydroxyl groups excluding tert-OH is 2. The predicted molar refractivity (Wildman–Crippen MR) is 86.2 cm³/mol. The fraction of sp³-hybridized carbons (Fsp3) is 0.875. The number of aliphatic hydroxyl groups is 2. The first-order valence-corrected chi connectivity index (χ1v) is 10.6. The molecule has 4 heteroatoms. The van der Waals surface area contributed by atoms with Crippen molar-refractivity contribution in [1.82, 2.24) is 0 Å². The molecule has 0 amide bonds. The molecular formula is C16H32O3Si. The van der Waals surface area contributed by atoms with Crippen molar-refractivity contribution in [2.45, 2.75) is 70.4 Å². The molecule has 2 N–H and O–H groups in total. The minimum Gasteiger partial charge on any atom is -0.411 e. The number of allylic oxidation sites excluding steroid dienone is 1. The monoisotopic (exact) mass is 300 g/mol. The third kappa shape index (κ3) is 3.94. The van der Waals surface area contributed by atoms with E-state index in [1.165, 1.54) is 0 Å². The average molecular weight is 301 g/mol. The maximum atomic E-state index is 10.4. The molecule has 0 spiro atoms. The zero-order valence-corrected chi connectivity index (χ0v) is 14.7. The first kappa shape index (κ1) is 17.9. The molecule has 0 aromatic rings. The van der Waals surface area contributed by atoms with Crippen LogP contribution in [0.5, 0.6) is 0 Å². The standard InChI is InChI=1S/C16H32O3Si/c1-7-8-12-11-14(18)15(13(12)9-10-17)19-20(5,6)16(2,3)4/h7,12-15,17-18H,1,8-11H2,2-6H3/t12-,13+,14?,15+/m0/s1. The van der Waals surface area contributed by atoms with E-state index < -0.39 is 14.4 Å². The normalized spacial score (nSPS) is 31.6. The summed E-state index contributed by atoms with van der Waals surface area (Å²) in [4.78, 5) is 0. The molecule has 118 valence electrons. The van der Waals surface area contributed by atoms with E-state index in [9.17, 15) is 10.2 Å². The molecule has 1 rings (SSSR count). The zero-order chi connectivity index (χ0) is 15.6. The molecule has 1 saturated carbocycles. The Morgan fingerprint density at radius 1 is 1.35 bits per heavy atom. The van der Waals surface area contributed by atoms with Gasteiger partial charge in [0.15, 0.2) is 8.32 Å². The van der Waals surface area contributed by atoms with Gasteiger partial charge in [-0.2, -0.15) is 0 Å². The van der Waals surface area contributed by atoms with Gasteiger partial charge in [-0.15, -0.1) is 6.58 Å². The van der Waals surface area contributed by atoms with Crippen molar-refractivity contribution in [3.63, 3.8) is 0 Å². The topological polar surface area (TPSA) is 49.7 Å². The third-order valence-corrected chi connectivity index (χ3v) is 9.59. The summed E-state index contributed by atoms with van der Waals surface area (Å²) in [6.45, 7) is 15.0. The van der Waals surface area contributed by atoms with Gasteiger partial charge in [-0.25, -0.2) is 0 Å². The molecule has 0 aromatic carbocycles. The van der Waals surface area contributed by atoms with Crippen LogP contribution in [0.3, 0.4) is 0 Å². The first-order chi connectivity index (χ1) is 9.14. The third-order valence-electron chi connectivity index (χ3n) is 5.12. The van der Waals surface area contributed by atoms with Crippen molar-refractivity contribution < 1.29 is 14.6 Å². The minimum absolute atomic E-state index is 0.131. The van der Waals surface area contributed by atoms with Crippen LogP contribution < -0.4 is 0 Å². The molecule has 1 fully saturated rings. The Morgan fingerprint density at radius 3 is 2.40 bits per heavy atom. The van der Waals surface area contributed by atoms with Gasteiger partial charge in [0.05, 0.1) is 12.2 Å². The highest BCUT2D eigenvalue weighted by molar-refractivity contribution is 6.74. The zero-order valence-electron chi connectivity index (χ0n) is 13.7. The lowest BCUT2D eigenvalue weighted by Crippen LogP contribution is -2.47. The van der Waals surface area contributed by atoms with Gasteiger partial charge in [0.25, 0.3) is 0 Å². The fourth-order valence-electron chi connectivity index (χ4n) is 2.89. The maximum Gasteiger partial charge on any atom is 0.192 e. The molecular weight excluding hydrogens is 268 g/mol. The van der Waals surface area contributed by atoms with Crippen LogP contribution in [0.15, 0.2) is 12.7 Å². The van der Waals surface area contributed by atoms with Gasteiger partial charge < -0.3 is 14.6 Å². The summed E-state index contributed by atoms with van der Waals surface area (Å²) in [5.41, 5.74) is 0. The lowest BCUT2D eigenvalue weighted by Gasteiger charge is -2.41. The quantitative estimate of drug-likeness (QED) is 0.584. The highest BCUT2D eigenvalue weighted by atomic mass is 28.4. The van der Waals surface area contributed by atoms with E-state index in [1.807, 2.05) is 6.08 Å². The van der Waals surface area contributed by atoms with E-state index in [0.717, 1.165) is 12.8 Å². The summed E-state index contributed by atoms with van der Waals surface area (Å²) in [7, 11) is -1.90. The van der Waals surface area contributed by atoms with Crippen LogP contribution >= 0.6 is 0 Å². The van der Waals surface area contributed by atoms with Crippen molar-refractivity contribution in [3.8, 4) is 0 Å². The Bertz CT molecular complexity index is 322. The van der Waals surface area contributed by atoms with Gasteiger partial charge in [-0.1, -0.05) is 26.8 Å². The molecule has 1 aliphatic carbocycles. The van der Waals surface area contributed by atoms with Crippen molar-refractivity contribution in [2.75, 3.05) is 6.61 Å². The Balaban J connectivity index is 2.87. The summed E-state index contributed by atoms with van der Waals surface area (Å²) < 4.78 is 6.46. The Labute approximate surface area is 125 Å². The van der Waals surface area contributed by atoms with Crippen LogP contribution in [-0.4, -0.2) is 37.3 Å². The fourth-order valence-corrected chi connectivity index (χ4v) is 4.26. The summed E-state index contributed by atoms with van der Waals surface area (Å²) >= 11 is 0. The summed E-state index contributed by atoms with van der Waals surface area (Å²) in [5.74, 6) is 0.617. The van der Waals surface area contributed by atoms with Crippen molar-refractivity contribution >= 4 is 8.32 Å². The van der Waals surface area contributed by atoms with Gasteiger partial charge in [0, 0.05) is 6.61 Å². The lowest BCUT2D eigenvalue weighted by molar-refractivity contribution is 0.0215. The second-order valence-electron chi connectivity index (χ2n) is 7.61. The van der Waals surface area contributed by atoms with Crippen LogP contribution in [0.1, 0.15) is 40.0 Å². The van der Waals surface area contributed by atoms with Crippen molar-refractivity contribution in [3.05, 3.63) is 12.7 Å². The molecule has 0 radical (unpaired) electrons. The largest absolute Gasteiger partial charge is 0.411 e. The molecule has 20 heavy (non-hydrogen) atoms. The second kappa shape index (κ2) is 6.73. The number of rotatable bonds is 6. The first-order valence-electron chi connectivity index (χ1n) is 7.71. The number of hydrogen-bond donors (Lipinski definition) is 2. The van der Waals surface area contributed by atoms with E-state index in [4.69, 9.17) is 4.43 Å². The Kier molecular flexibility index (Phi) is 6.02. The summed E-state index contributed by atoms with van der Waals surface area (Å²) in [6, 6.07) is 0. The summed E-state index contributed by atoms with van der Waals surface area (Å²) in [5, 5.41) is 19.8.